The molecule has 0 aromatic rings. The number of aliphatic hydroxyl groups is 2. The Hall–Kier alpha value is -1.92. The van der Waals surface area contributed by atoms with Gasteiger partial charge in [-0.15, -0.1) is 0 Å². The molecule has 0 aliphatic rings. The monoisotopic (exact) mass is 970 g/mol. The number of nitrogens with one attached hydrogen (secondary N) is 1. The molecule has 6 heteroatoms. The number of rotatable bonds is 57. The Morgan fingerprint density at radius 1 is 0.406 bits per heavy atom. The molecule has 2 unspecified atom stereocenters. The van der Waals surface area contributed by atoms with Gasteiger partial charge in [0.05, 0.1) is 25.4 Å². The van der Waals surface area contributed by atoms with Crippen molar-refractivity contribution in [2.75, 3.05) is 13.2 Å². The molecular weight excluding hydrogens is 851 g/mol. The van der Waals surface area contributed by atoms with Crippen LogP contribution in [0.25, 0.3) is 0 Å². The smallest absolute Gasteiger partial charge is 0.305 e. The molecule has 0 bridgehead atoms. The molecule has 0 fully saturated rings. The van der Waals surface area contributed by atoms with E-state index >= 15 is 0 Å². The molecule has 6 nitrogen and oxygen atoms in total. The summed E-state index contributed by atoms with van der Waals surface area (Å²) in [6.45, 7) is 4.91. The molecule has 0 aromatic heterocycles. The molecule has 0 aliphatic carbocycles. The number of amides is 1. The zero-order valence-corrected chi connectivity index (χ0v) is 46.3. The van der Waals surface area contributed by atoms with Crippen molar-refractivity contribution in [3.63, 3.8) is 0 Å². The van der Waals surface area contributed by atoms with Gasteiger partial charge < -0.3 is 20.3 Å². The lowest BCUT2D eigenvalue weighted by Crippen LogP contribution is -2.45. The lowest BCUT2D eigenvalue weighted by molar-refractivity contribution is -0.143. The van der Waals surface area contributed by atoms with Gasteiger partial charge in [-0.2, -0.15) is 0 Å². The number of unbranched alkanes of at least 4 members (excludes halogenated alkanes) is 40. The SMILES string of the molecule is CCCCCCC/C=C\CCCCCCCC(=O)OCCCCC/C=C\C/C=C\CCCCCCCCCC(=O)NC(CO)C(O)CCCCCCCCCCCCCCCCCCCCCCC. The molecule has 406 valence electrons. The van der Waals surface area contributed by atoms with Crippen molar-refractivity contribution in [2.45, 2.75) is 341 Å². The Bertz CT molecular complexity index is 1120. The second kappa shape index (κ2) is 58.6. The summed E-state index contributed by atoms with van der Waals surface area (Å²) in [6.07, 6.45) is 72.9. The van der Waals surface area contributed by atoms with E-state index in [9.17, 15) is 19.8 Å². The van der Waals surface area contributed by atoms with Gasteiger partial charge in [-0.25, -0.2) is 0 Å². The Morgan fingerprint density at radius 3 is 1.12 bits per heavy atom. The van der Waals surface area contributed by atoms with Crippen molar-refractivity contribution < 1.29 is 24.5 Å². The molecule has 0 heterocycles. The molecule has 0 aliphatic heterocycles. The summed E-state index contributed by atoms with van der Waals surface area (Å²) in [6, 6.07) is -0.555. The quantitative estimate of drug-likeness (QED) is 0.0321. The van der Waals surface area contributed by atoms with Crippen LogP contribution >= 0.6 is 0 Å². The van der Waals surface area contributed by atoms with Crippen molar-refractivity contribution in [1.29, 1.82) is 0 Å². The summed E-state index contributed by atoms with van der Waals surface area (Å²) in [4.78, 5) is 24.5. The summed E-state index contributed by atoms with van der Waals surface area (Å²) in [5.74, 6) is -0.0725. The molecule has 0 saturated carbocycles. The zero-order valence-electron chi connectivity index (χ0n) is 46.3. The third kappa shape index (κ3) is 55.2. The van der Waals surface area contributed by atoms with Crippen LogP contribution in [0.4, 0.5) is 0 Å². The highest BCUT2D eigenvalue weighted by molar-refractivity contribution is 5.76. The zero-order chi connectivity index (χ0) is 50.0. The van der Waals surface area contributed by atoms with Crippen LogP contribution in [0.5, 0.6) is 0 Å². The fourth-order valence-electron chi connectivity index (χ4n) is 9.43. The second-order valence-corrected chi connectivity index (χ2v) is 21.0. The number of hydrogen-bond acceptors (Lipinski definition) is 5. The van der Waals surface area contributed by atoms with Crippen molar-refractivity contribution in [3.05, 3.63) is 36.5 Å². The van der Waals surface area contributed by atoms with E-state index in [2.05, 4.69) is 55.6 Å². The van der Waals surface area contributed by atoms with Crippen LogP contribution in [-0.4, -0.2) is 47.4 Å². The number of aliphatic hydroxyl groups excluding tert-OH is 2. The van der Waals surface area contributed by atoms with Gasteiger partial charge in [-0.3, -0.25) is 9.59 Å². The lowest BCUT2D eigenvalue weighted by Gasteiger charge is -2.22. The first-order chi connectivity index (χ1) is 34.0. The molecule has 69 heavy (non-hydrogen) atoms. The van der Waals surface area contributed by atoms with E-state index in [0.717, 1.165) is 83.5 Å². The van der Waals surface area contributed by atoms with Gasteiger partial charge in [0.25, 0.3) is 0 Å². The summed E-state index contributed by atoms with van der Waals surface area (Å²) in [7, 11) is 0. The highest BCUT2D eigenvalue weighted by atomic mass is 16.5. The van der Waals surface area contributed by atoms with Gasteiger partial charge in [-0.05, 0) is 89.9 Å². The predicted octanol–water partition coefficient (Wildman–Crippen LogP) is 19.2. The second-order valence-electron chi connectivity index (χ2n) is 21.0. The summed E-state index contributed by atoms with van der Waals surface area (Å²) < 4.78 is 5.45. The molecule has 3 N–H and O–H groups in total. The molecular formula is C63H119NO5. The van der Waals surface area contributed by atoms with E-state index in [-0.39, 0.29) is 18.5 Å². The number of esters is 1. The third-order valence-corrected chi connectivity index (χ3v) is 14.2. The van der Waals surface area contributed by atoms with Crippen molar-refractivity contribution in [2.24, 2.45) is 0 Å². The predicted molar refractivity (Wildman–Crippen MR) is 301 cm³/mol. The van der Waals surface area contributed by atoms with Gasteiger partial charge >= 0.3 is 5.97 Å². The fraction of sp³-hybridized carbons (Fsp3) is 0.873. The largest absolute Gasteiger partial charge is 0.466 e. The van der Waals surface area contributed by atoms with E-state index in [4.69, 9.17) is 4.74 Å². The third-order valence-electron chi connectivity index (χ3n) is 14.2. The van der Waals surface area contributed by atoms with E-state index in [1.54, 1.807) is 0 Å². The summed E-state index contributed by atoms with van der Waals surface area (Å²) in [5.41, 5.74) is 0. The molecule has 0 rings (SSSR count). The first-order valence-corrected chi connectivity index (χ1v) is 30.7. The Labute approximate surface area is 430 Å². The van der Waals surface area contributed by atoms with E-state index in [0.29, 0.717) is 25.9 Å². The average molecular weight is 971 g/mol. The summed E-state index contributed by atoms with van der Waals surface area (Å²) in [5, 5.41) is 23.3. The minimum atomic E-state index is -0.676. The van der Waals surface area contributed by atoms with Crippen LogP contribution in [0.15, 0.2) is 36.5 Å². The maximum absolute atomic E-state index is 12.5. The van der Waals surface area contributed by atoms with Crippen LogP contribution in [0.3, 0.4) is 0 Å². The van der Waals surface area contributed by atoms with Gasteiger partial charge in [-0.1, -0.05) is 262 Å². The summed E-state index contributed by atoms with van der Waals surface area (Å²) >= 11 is 0. The van der Waals surface area contributed by atoms with Crippen molar-refractivity contribution >= 4 is 11.9 Å². The van der Waals surface area contributed by atoms with Crippen molar-refractivity contribution in [1.82, 2.24) is 5.32 Å². The number of carbonyl (C=O) groups excluding carboxylic acids is 2. The molecule has 0 spiro atoms. The number of allylic oxidation sites excluding steroid dienone is 6. The Balaban J connectivity index is 3.50. The maximum Gasteiger partial charge on any atom is 0.305 e. The Kier molecular flexibility index (Phi) is 57.0. The minimum absolute atomic E-state index is 0.0237. The van der Waals surface area contributed by atoms with Gasteiger partial charge in [0, 0.05) is 12.8 Å². The normalized spacial score (nSPS) is 12.8. The van der Waals surface area contributed by atoms with Gasteiger partial charge in [0.1, 0.15) is 0 Å². The number of ether oxygens (including phenoxy) is 1. The average Bonchev–Trinajstić information content (AvgIpc) is 3.35. The van der Waals surface area contributed by atoms with Crippen LogP contribution < -0.4 is 5.32 Å². The Morgan fingerprint density at radius 2 is 0.725 bits per heavy atom. The van der Waals surface area contributed by atoms with E-state index in [1.165, 1.54) is 212 Å². The highest BCUT2D eigenvalue weighted by Gasteiger charge is 2.20. The maximum atomic E-state index is 12.5. The molecule has 0 radical (unpaired) electrons. The topological polar surface area (TPSA) is 95.9 Å². The lowest BCUT2D eigenvalue weighted by atomic mass is 10.0. The van der Waals surface area contributed by atoms with Crippen LogP contribution in [0, 0.1) is 0 Å². The van der Waals surface area contributed by atoms with Crippen LogP contribution in [-0.2, 0) is 14.3 Å². The standard InChI is InChI=1S/C63H119NO5/c1-3-5-7-9-11-13-15-17-19-20-21-22-23-25-28-31-35-39-43-47-51-55-61(66)60(59-65)64-62(67)56-52-48-44-40-36-32-29-26-24-27-30-34-38-42-46-50-54-58-69-63(68)57-53-49-45-41-37-33-18-16-14-12-10-8-6-4-2/h16,18,24,27,34,38,60-61,65-66H,3-15,17,19-23,25-26,28-33,35-37,39-59H2,1-2H3,(H,64,67)/b18-16-,27-24-,38-34-. The molecule has 0 saturated heterocycles. The molecule has 0 aromatic carbocycles. The number of carbonyl (C=O) groups is 2. The van der Waals surface area contributed by atoms with E-state index in [1.807, 2.05) is 0 Å². The minimum Gasteiger partial charge on any atom is -0.466 e. The van der Waals surface area contributed by atoms with Crippen LogP contribution in [0.1, 0.15) is 328 Å². The number of hydrogen-bond donors (Lipinski definition) is 3. The van der Waals surface area contributed by atoms with E-state index < -0.39 is 12.1 Å². The molecule has 1 amide bonds. The fourth-order valence-corrected chi connectivity index (χ4v) is 9.43. The van der Waals surface area contributed by atoms with Crippen molar-refractivity contribution in [3.8, 4) is 0 Å². The first kappa shape index (κ1) is 67.1. The van der Waals surface area contributed by atoms with Crippen LogP contribution in [0.2, 0.25) is 0 Å². The first-order valence-electron chi connectivity index (χ1n) is 30.7. The highest BCUT2D eigenvalue weighted by Crippen LogP contribution is 2.17. The molecule has 2 atom stereocenters. The van der Waals surface area contributed by atoms with Gasteiger partial charge in [0.2, 0.25) is 5.91 Å². The van der Waals surface area contributed by atoms with Gasteiger partial charge in [0.15, 0.2) is 0 Å².